The van der Waals surface area contributed by atoms with Gasteiger partial charge in [-0.3, -0.25) is 0 Å². The van der Waals surface area contributed by atoms with Gasteiger partial charge in [0.15, 0.2) is 0 Å². The number of para-hydroxylation sites is 1. The van der Waals surface area contributed by atoms with Gasteiger partial charge in [-0.25, -0.2) is 0 Å². The minimum absolute atomic E-state index is 0.0530. The normalized spacial score (nSPS) is 19.7. The Morgan fingerprint density at radius 3 is 1.79 bits per heavy atom. The molecule has 0 spiro atoms. The molecule has 0 saturated carbocycles. The molecule has 2 heteroatoms. The van der Waals surface area contributed by atoms with Crippen molar-refractivity contribution in [2.45, 2.75) is 67.0 Å². The molecule has 2 nitrogen and oxygen atoms in total. The van der Waals surface area contributed by atoms with Crippen molar-refractivity contribution >= 4 is 17.1 Å². The van der Waals surface area contributed by atoms with E-state index in [0.717, 1.165) is 0 Å². The van der Waals surface area contributed by atoms with Crippen LogP contribution in [0.3, 0.4) is 0 Å². The number of fused-ring (bicyclic) bond motifs is 11. The van der Waals surface area contributed by atoms with Gasteiger partial charge in [0.1, 0.15) is 6.17 Å². The van der Waals surface area contributed by atoms with Crippen molar-refractivity contribution in [1.82, 2.24) is 0 Å². The molecule has 39 heavy (non-hydrogen) atoms. The number of nitrogens with zero attached hydrogens (tertiary/aromatic N) is 2. The monoisotopic (exact) mass is 510 g/mol. The molecule has 0 fully saturated rings. The highest BCUT2D eigenvalue weighted by Crippen LogP contribution is 2.63. The van der Waals surface area contributed by atoms with Crippen LogP contribution in [0.4, 0.5) is 11.4 Å². The van der Waals surface area contributed by atoms with E-state index in [-0.39, 0.29) is 17.0 Å². The first-order valence-corrected chi connectivity index (χ1v) is 14.3. The lowest BCUT2D eigenvalue weighted by atomic mass is 9.59. The average Bonchev–Trinajstić information content (AvgIpc) is 3.21. The number of rotatable bonds is 0. The highest BCUT2D eigenvalue weighted by atomic mass is 15.4. The fraction of sp³-hybridized carbons (Fsp3) is 0.297. The molecule has 0 radical (unpaired) electrons. The standard InChI is InChI=1S/C37H38N2/c1-22-20-21-30-28-17-10-9-15-26(28)27-16-11-12-18-29(27)34-35-37(7,8)36(5,6)31-19-13-14-23(2)32(31)39(35)25(4)38(34)33(30)24(22)3/h9-21,25H,1-8H3/t25-/m0/s1. The molecule has 1 atom stereocenters. The van der Waals surface area contributed by atoms with Crippen molar-refractivity contribution in [3.8, 4) is 22.3 Å². The first kappa shape index (κ1) is 24.3. The Morgan fingerprint density at radius 1 is 0.538 bits per heavy atom. The number of benzene rings is 4. The summed E-state index contributed by atoms with van der Waals surface area (Å²) in [5.41, 5.74) is 17.4. The van der Waals surface area contributed by atoms with Crippen LogP contribution in [0.2, 0.25) is 0 Å². The van der Waals surface area contributed by atoms with E-state index in [1.807, 2.05) is 0 Å². The lowest BCUT2D eigenvalue weighted by molar-refractivity contribution is 0.233. The molecule has 0 aromatic heterocycles. The quantitative estimate of drug-likeness (QED) is 0.232. The molecular weight excluding hydrogens is 472 g/mol. The zero-order chi connectivity index (χ0) is 27.4. The van der Waals surface area contributed by atoms with Gasteiger partial charge in [0.05, 0.1) is 17.1 Å². The molecule has 3 aliphatic rings. The molecule has 3 heterocycles. The number of aryl methyl sites for hydroxylation is 2. The fourth-order valence-corrected chi connectivity index (χ4v) is 7.49. The zero-order valence-electron chi connectivity index (χ0n) is 24.5. The van der Waals surface area contributed by atoms with Gasteiger partial charge >= 0.3 is 0 Å². The molecule has 0 N–H and O–H groups in total. The summed E-state index contributed by atoms with van der Waals surface area (Å²) in [4.78, 5) is 5.37. The van der Waals surface area contributed by atoms with Gasteiger partial charge < -0.3 is 9.80 Å². The average molecular weight is 511 g/mol. The summed E-state index contributed by atoms with van der Waals surface area (Å²) in [7, 11) is 0. The lowest BCUT2D eigenvalue weighted by Gasteiger charge is -2.53. The van der Waals surface area contributed by atoms with Crippen LogP contribution in [0.25, 0.3) is 28.0 Å². The Hall–Kier alpha value is -3.78. The van der Waals surface area contributed by atoms with Crippen molar-refractivity contribution in [2.75, 3.05) is 9.80 Å². The summed E-state index contributed by atoms with van der Waals surface area (Å²) >= 11 is 0. The highest BCUT2D eigenvalue weighted by molar-refractivity contribution is 6.05. The van der Waals surface area contributed by atoms with E-state index in [9.17, 15) is 0 Å². The molecule has 196 valence electrons. The van der Waals surface area contributed by atoms with Crippen molar-refractivity contribution in [3.63, 3.8) is 0 Å². The third-order valence-electron chi connectivity index (χ3n) is 10.4. The van der Waals surface area contributed by atoms with Gasteiger partial charge in [-0.1, -0.05) is 107 Å². The van der Waals surface area contributed by atoms with Gasteiger partial charge in [-0.15, -0.1) is 0 Å². The molecule has 0 unspecified atom stereocenters. The minimum Gasteiger partial charge on any atom is -0.321 e. The maximum atomic E-state index is 2.68. The minimum atomic E-state index is -0.115. The largest absolute Gasteiger partial charge is 0.321 e. The molecule has 0 saturated heterocycles. The summed E-state index contributed by atoms with van der Waals surface area (Å²) < 4.78 is 0. The molecular formula is C37H38N2. The van der Waals surface area contributed by atoms with Gasteiger partial charge in [0.25, 0.3) is 0 Å². The third-order valence-corrected chi connectivity index (χ3v) is 10.4. The second-order valence-electron chi connectivity index (χ2n) is 12.8. The molecule has 0 bridgehead atoms. The summed E-state index contributed by atoms with van der Waals surface area (Å²) in [6.45, 7) is 19.1. The van der Waals surface area contributed by atoms with Crippen LogP contribution in [0, 0.1) is 26.2 Å². The van der Waals surface area contributed by atoms with Crippen molar-refractivity contribution in [1.29, 1.82) is 0 Å². The second-order valence-corrected chi connectivity index (χ2v) is 12.8. The van der Waals surface area contributed by atoms with E-state index in [0.29, 0.717) is 0 Å². The van der Waals surface area contributed by atoms with Crippen LogP contribution < -0.4 is 9.80 Å². The van der Waals surface area contributed by atoms with Crippen LogP contribution in [0.5, 0.6) is 0 Å². The van der Waals surface area contributed by atoms with E-state index in [1.165, 1.54) is 72.8 Å². The van der Waals surface area contributed by atoms with E-state index in [1.54, 1.807) is 0 Å². The van der Waals surface area contributed by atoms with Gasteiger partial charge in [-0.2, -0.15) is 0 Å². The Balaban J connectivity index is 1.71. The Labute approximate surface area is 233 Å². The zero-order valence-corrected chi connectivity index (χ0v) is 24.5. The second kappa shape index (κ2) is 7.88. The summed E-state index contributed by atoms with van der Waals surface area (Å²) in [5.74, 6) is 0. The number of anilines is 2. The fourth-order valence-electron chi connectivity index (χ4n) is 7.49. The van der Waals surface area contributed by atoms with Crippen LogP contribution in [-0.2, 0) is 5.41 Å². The molecule has 0 aliphatic carbocycles. The van der Waals surface area contributed by atoms with Crippen LogP contribution in [0.1, 0.15) is 62.4 Å². The highest BCUT2D eigenvalue weighted by Gasteiger charge is 2.56. The topological polar surface area (TPSA) is 6.48 Å². The smallest absolute Gasteiger partial charge is 0.108 e. The van der Waals surface area contributed by atoms with Crippen molar-refractivity contribution in [2.24, 2.45) is 5.41 Å². The first-order valence-electron chi connectivity index (χ1n) is 14.3. The number of hydrogen-bond donors (Lipinski definition) is 0. The summed E-state index contributed by atoms with van der Waals surface area (Å²) in [6, 6.07) is 29.6. The van der Waals surface area contributed by atoms with E-state index in [2.05, 4.69) is 144 Å². The molecule has 4 aromatic rings. The van der Waals surface area contributed by atoms with Gasteiger partial charge in [0.2, 0.25) is 0 Å². The maximum absolute atomic E-state index is 2.68. The predicted molar refractivity (Wildman–Crippen MR) is 166 cm³/mol. The third kappa shape index (κ3) is 2.92. The SMILES string of the molecule is Cc1ccc2c(c1C)N1C(=C3N(c4c(C)cccc4C(C)(C)C3(C)C)[C@H]1C)c1ccccc1-c1ccccc1-2. The number of hydrogen-bond acceptors (Lipinski definition) is 2. The van der Waals surface area contributed by atoms with Gasteiger partial charge in [-0.05, 0) is 66.6 Å². The van der Waals surface area contributed by atoms with Crippen LogP contribution in [-0.4, -0.2) is 6.17 Å². The Bertz CT molecular complexity index is 1720. The summed E-state index contributed by atoms with van der Waals surface area (Å²) in [5, 5.41) is 0. The molecule has 4 aromatic carbocycles. The number of allylic oxidation sites excluding steroid dienone is 1. The lowest BCUT2D eigenvalue weighted by Crippen LogP contribution is -2.51. The van der Waals surface area contributed by atoms with E-state index < -0.39 is 0 Å². The van der Waals surface area contributed by atoms with Gasteiger partial charge in [0, 0.05) is 27.6 Å². The molecule has 7 rings (SSSR count). The molecule has 3 aliphatic heterocycles. The first-order chi connectivity index (χ1) is 18.6. The Kier molecular flexibility index (Phi) is 4.91. The van der Waals surface area contributed by atoms with Crippen molar-refractivity contribution in [3.05, 3.63) is 112 Å². The maximum Gasteiger partial charge on any atom is 0.108 e. The van der Waals surface area contributed by atoms with Crippen LogP contribution in [0.15, 0.2) is 84.6 Å². The van der Waals surface area contributed by atoms with E-state index in [4.69, 9.17) is 0 Å². The van der Waals surface area contributed by atoms with E-state index >= 15 is 0 Å². The predicted octanol–water partition coefficient (Wildman–Crippen LogP) is 9.62. The van der Waals surface area contributed by atoms with Crippen LogP contribution >= 0.6 is 0 Å². The Morgan fingerprint density at radius 2 is 1.13 bits per heavy atom. The van der Waals surface area contributed by atoms with Crippen molar-refractivity contribution < 1.29 is 0 Å². The summed E-state index contributed by atoms with van der Waals surface area (Å²) in [6.07, 6.45) is 0.128. The molecule has 0 amide bonds.